The molecule has 0 aliphatic carbocycles. The highest BCUT2D eigenvalue weighted by Crippen LogP contribution is 2.17. The number of thioether (sulfide) groups is 1. The number of hydrogen-bond acceptors (Lipinski definition) is 5. The second-order valence-electron chi connectivity index (χ2n) is 4.05. The zero-order chi connectivity index (χ0) is 11.3. The quantitative estimate of drug-likeness (QED) is 0.836. The highest BCUT2D eigenvalue weighted by Gasteiger charge is 2.08. The van der Waals surface area contributed by atoms with E-state index in [-0.39, 0.29) is 0 Å². The second kappa shape index (κ2) is 6.33. The Balaban J connectivity index is 2.37. The Bertz CT molecular complexity index is 286. The minimum absolute atomic E-state index is 0.417. The molecule has 0 saturated carbocycles. The zero-order valence-corrected chi connectivity index (χ0v) is 11.4. The van der Waals surface area contributed by atoms with E-state index in [4.69, 9.17) is 0 Å². The van der Waals surface area contributed by atoms with Gasteiger partial charge in [0.2, 0.25) is 5.13 Å². The number of anilines is 1. The standard InChI is InChI=1S/C10H19N3S2/c1-7(2)9-12-10(15-13-9)11-5-8(3)6-14-4/h7-8H,5-6H2,1-4H3,(H,11,12,13). The first-order valence-corrected chi connectivity index (χ1v) is 7.36. The van der Waals surface area contributed by atoms with Gasteiger partial charge in [0.25, 0.3) is 0 Å². The summed E-state index contributed by atoms with van der Waals surface area (Å²) in [6, 6.07) is 0. The van der Waals surface area contributed by atoms with E-state index in [2.05, 4.69) is 41.7 Å². The monoisotopic (exact) mass is 245 g/mol. The minimum Gasteiger partial charge on any atom is -0.360 e. The maximum atomic E-state index is 4.43. The third-order valence-electron chi connectivity index (χ3n) is 2.01. The third kappa shape index (κ3) is 4.38. The topological polar surface area (TPSA) is 37.8 Å². The molecule has 0 radical (unpaired) electrons. The summed E-state index contributed by atoms with van der Waals surface area (Å²) in [4.78, 5) is 4.43. The third-order valence-corrected chi connectivity index (χ3v) is 3.60. The van der Waals surface area contributed by atoms with Gasteiger partial charge in [-0.3, -0.25) is 0 Å². The molecule has 15 heavy (non-hydrogen) atoms. The molecule has 1 rings (SSSR count). The van der Waals surface area contributed by atoms with E-state index in [0.717, 1.165) is 17.5 Å². The van der Waals surface area contributed by atoms with Crippen molar-refractivity contribution >= 4 is 28.4 Å². The fourth-order valence-electron chi connectivity index (χ4n) is 1.15. The summed E-state index contributed by atoms with van der Waals surface area (Å²) < 4.78 is 4.30. The number of nitrogens with zero attached hydrogens (tertiary/aromatic N) is 2. The number of hydrogen-bond donors (Lipinski definition) is 1. The van der Waals surface area contributed by atoms with Crippen molar-refractivity contribution in [2.75, 3.05) is 23.9 Å². The summed E-state index contributed by atoms with van der Waals surface area (Å²) >= 11 is 3.34. The molecule has 1 atom stereocenters. The highest BCUT2D eigenvalue weighted by molar-refractivity contribution is 7.98. The van der Waals surface area contributed by atoms with Gasteiger partial charge in [-0.05, 0) is 17.9 Å². The van der Waals surface area contributed by atoms with E-state index in [1.807, 2.05) is 11.8 Å². The van der Waals surface area contributed by atoms with Crippen LogP contribution in [-0.4, -0.2) is 27.9 Å². The molecule has 0 amide bonds. The van der Waals surface area contributed by atoms with Crippen LogP contribution >= 0.6 is 23.3 Å². The fourth-order valence-corrected chi connectivity index (χ4v) is 2.55. The summed E-state index contributed by atoms with van der Waals surface area (Å²) in [5, 5.41) is 4.29. The molecule has 0 saturated heterocycles. The molecule has 5 heteroatoms. The molecule has 86 valence electrons. The Hall–Kier alpha value is -0.290. The molecule has 0 aromatic carbocycles. The van der Waals surface area contributed by atoms with Gasteiger partial charge in [0.15, 0.2) is 0 Å². The van der Waals surface area contributed by atoms with Crippen LogP contribution < -0.4 is 5.32 Å². The van der Waals surface area contributed by atoms with E-state index in [0.29, 0.717) is 11.8 Å². The van der Waals surface area contributed by atoms with Gasteiger partial charge in [-0.15, -0.1) is 0 Å². The lowest BCUT2D eigenvalue weighted by molar-refractivity contribution is 0.700. The van der Waals surface area contributed by atoms with Crippen LogP contribution in [0.3, 0.4) is 0 Å². The van der Waals surface area contributed by atoms with Crippen molar-refractivity contribution in [3.8, 4) is 0 Å². The lowest BCUT2D eigenvalue weighted by Crippen LogP contribution is -2.13. The van der Waals surface area contributed by atoms with E-state index < -0.39 is 0 Å². The van der Waals surface area contributed by atoms with Gasteiger partial charge in [0.1, 0.15) is 5.82 Å². The van der Waals surface area contributed by atoms with Crippen molar-refractivity contribution < 1.29 is 0 Å². The molecule has 1 unspecified atom stereocenters. The Kier molecular flexibility index (Phi) is 5.39. The molecule has 0 bridgehead atoms. The van der Waals surface area contributed by atoms with Gasteiger partial charge in [-0.2, -0.15) is 16.1 Å². The van der Waals surface area contributed by atoms with Crippen molar-refractivity contribution in [1.82, 2.24) is 9.36 Å². The number of nitrogens with one attached hydrogen (secondary N) is 1. The van der Waals surface area contributed by atoms with E-state index >= 15 is 0 Å². The number of rotatable bonds is 6. The maximum absolute atomic E-state index is 4.43. The lowest BCUT2D eigenvalue weighted by atomic mass is 10.2. The van der Waals surface area contributed by atoms with Crippen LogP contribution in [0.25, 0.3) is 0 Å². The van der Waals surface area contributed by atoms with Crippen molar-refractivity contribution in [2.24, 2.45) is 5.92 Å². The van der Waals surface area contributed by atoms with Gasteiger partial charge in [0.05, 0.1) is 0 Å². The molecule has 0 fully saturated rings. The normalized spacial score (nSPS) is 13.1. The van der Waals surface area contributed by atoms with Gasteiger partial charge in [-0.1, -0.05) is 20.8 Å². The van der Waals surface area contributed by atoms with Gasteiger partial charge in [0, 0.05) is 24.0 Å². The molecule has 1 N–H and O–H groups in total. The molecule has 1 heterocycles. The van der Waals surface area contributed by atoms with Gasteiger partial charge >= 0.3 is 0 Å². The smallest absolute Gasteiger partial charge is 0.202 e. The summed E-state index contributed by atoms with van der Waals surface area (Å²) in [6.45, 7) is 7.45. The molecule has 0 aliphatic heterocycles. The average Bonchev–Trinajstić information content (AvgIpc) is 2.63. The maximum Gasteiger partial charge on any atom is 0.202 e. The molecule has 0 aliphatic rings. The van der Waals surface area contributed by atoms with Crippen LogP contribution in [0.1, 0.15) is 32.5 Å². The van der Waals surface area contributed by atoms with Crippen molar-refractivity contribution in [3.05, 3.63) is 5.82 Å². The first-order chi connectivity index (χ1) is 7.13. The van der Waals surface area contributed by atoms with Crippen LogP contribution in [0.2, 0.25) is 0 Å². The van der Waals surface area contributed by atoms with E-state index in [9.17, 15) is 0 Å². The average molecular weight is 245 g/mol. The summed E-state index contributed by atoms with van der Waals surface area (Å²) in [5.74, 6) is 3.22. The first-order valence-electron chi connectivity index (χ1n) is 5.20. The molecular formula is C10H19N3S2. The van der Waals surface area contributed by atoms with Crippen molar-refractivity contribution in [2.45, 2.75) is 26.7 Å². The number of aromatic nitrogens is 2. The summed E-state index contributed by atoms with van der Waals surface area (Å²) in [6.07, 6.45) is 2.14. The van der Waals surface area contributed by atoms with Crippen LogP contribution in [0.5, 0.6) is 0 Å². The molecular weight excluding hydrogens is 226 g/mol. The largest absolute Gasteiger partial charge is 0.360 e. The predicted molar refractivity (Wildman–Crippen MR) is 70.0 cm³/mol. The summed E-state index contributed by atoms with van der Waals surface area (Å²) in [5.41, 5.74) is 0. The van der Waals surface area contributed by atoms with Crippen LogP contribution in [0, 0.1) is 5.92 Å². The molecule has 1 aromatic heterocycles. The fraction of sp³-hybridized carbons (Fsp3) is 0.800. The molecule has 3 nitrogen and oxygen atoms in total. The van der Waals surface area contributed by atoms with Crippen LogP contribution in [0.15, 0.2) is 0 Å². The highest BCUT2D eigenvalue weighted by atomic mass is 32.2. The Morgan fingerprint density at radius 2 is 2.13 bits per heavy atom. The predicted octanol–water partition coefficient (Wildman–Crippen LogP) is 3.07. The van der Waals surface area contributed by atoms with Crippen LogP contribution in [0.4, 0.5) is 5.13 Å². The minimum atomic E-state index is 0.417. The lowest BCUT2D eigenvalue weighted by Gasteiger charge is -2.09. The van der Waals surface area contributed by atoms with E-state index in [1.165, 1.54) is 17.3 Å². The first kappa shape index (κ1) is 12.8. The van der Waals surface area contributed by atoms with Crippen molar-refractivity contribution in [1.29, 1.82) is 0 Å². The van der Waals surface area contributed by atoms with Crippen LogP contribution in [-0.2, 0) is 0 Å². The molecule has 0 spiro atoms. The van der Waals surface area contributed by atoms with E-state index in [1.54, 1.807) is 0 Å². The molecule has 1 aromatic rings. The SMILES string of the molecule is CSCC(C)CNc1nc(C(C)C)ns1. The zero-order valence-electron chi connectivity index (χ0n) is 9.78. The van der Waals surface area contributed by atoms with Gasteiger partial charge in [-0.25, -0.2) is 4.98 Å². The van der Waals surface area contributed by atoms with Crippen molar-refractivity contribution in [3.63, 3.8) is 0 Å². The second-order valence-corrected chi connectivity index (χ2v) is 5.72. The summed E-state index contributed by atoms with van der Waals surface area (Å²) in [7, 11) is 0. The Morgan fingerprint density at radius 3 is 2.67 bits per heavy atom. The van der Waals surface area contributed by atoms with Gasteiger partial charge < -0.3 is 5.32 Å². The Morgan fingerprint density at radius 1 is 1.40 bits per heavy atom. The Labute approximate surface area is 100 Å².